The summed E-state index contributed by atoms with van der Waals surface area (Å²) in [5, 5.41) is 0.885. The maximum atomic E-state index is 12.1. The highest BCUT2D eigenvalue weighted by Crippen LogP contribution is 2.27. The predicted molar refractivity (Wildman–Crippen MR) is 77.6 cm³/mol. The number of benzene rings is 2. The molecular weight excluding hydrogens is 256 g/mol. The molecule has 3 aromatic rings. The highest BCUT2D eigenvalue weighted by molar-refractivity contribution is 8.14. The molecule has 0 aliphatic heterocycles. The monoisotopic (exact) mass is 268 g/mol. The molecule has 2 nitrogen and oxygen atoms in total. The fourth-order valence-corrected chi connectivity index (χ4v) is 2.53. The van der Waals surface area contributed by atoms with Gasteiger partial charge in [0.1, 0.15) is 5.58 Å². The van der Waals surface area contributed by atoms with Crippen molar-refractivity contribution in [3.63, 3.8) is 0 Å². The molecule has 19 heavy (non-hydrogen) atoms. The van der Waals surface area contributed by atoms with Gasteiger partial charge < -0.3 is 4.42 Å². The second-order valence-corrected chi connectivity index (χ2v) is 5.40. The Hall–Kier alpha value is -2.00. The molecule has 3 heteroatoms. The molecule has 0 amide bonds. The molecule has 0 saturated carbocycles. The van der Waals surface area contributed by atoms with E-state index in [-0.39, 0.29) is 5.12 Å². The molecule has 0 radical (unpaired) electrons. The lowest BCUT2D eigenvalue weighted by atomic mass is 10.2. The van der Waals surface area contributed by atoms with Crippen LogP contribution in [0.2, 0.25) is 0 Å². The Kier molecular flexibility index (Phi) is 3.13. The highest BCUT2D eigenvalue weighted by Gasteiger charge is 2.13. The maximum Gasteiger partial charge on any atom is 0.259 e. The van der Waals surface area contributed by atoms with Crippen LogP contribution in [-0.2, 0) is 0 Å². The molecular formula is C16H12O2S. The summed E-state index contributed by atoms with van der Waals surface area (Å²) >= 11 is 1.19. The average molecular weight is 268 g/mol. The zero-order chi connectivity index (χ0) is 13.2. The number of aryl methyl sites for hydroxylation is 1. The number of thioether (sulfide) groups is 1. The first-order valence-corrected chi connectivity index (χ1v) is 6.81. The number of rotatable bonds is 2. The van der Waals surface area contributed by atoms with Crippen LogP contribution in [0, 0.1) is 6.92 Å². The number of hydrogen-bond acceptors (Lipinski definition) is 3. The first kappa shape index (κ1) is 12.1. The molecule has 1 aromatic heterocycles. The molecule has 0 fully saturated rings. The van der Waals surface area contributed by atoms with Crippen LogP contribution in [0.5, 0.6) is 0 Å². The Balaban J connectivity index is 1.85. The lowest BCUT2D eigenvalue weighted by Crippen LogP contribution is -1.89. The number of hydrogen-bond donors (Lipinski definition) is 0. The lowest BCUT2D eigenvalue weighted by Gasteiger charge is -1.98. The van der Waals surface area contributed by atoms with Crippen LogP contribution in [0.25, 0.3) is 11.0 Å². The van der Waals surface area contributed by atoms with Crippen LogP contribution in [0.3, 0.4) is 0 Å². The summed E-state index contributed by atoms with van der Waals surface area (Å²) in [6, 6.07) is 17.3. The van der Waals surface area contributed by atoms with Gasteiger partial charge in [0.25, 0.3) is 5.12 Å². The molecule has 0 atom stereocenters. The van der Waals surface area contributed by atoms with Crippen molar-refractivity contribution in [2.45, 2.75) is 11.8 Å². The van der Waals surface area contributed by atoms with E-state index in [0.717, 1.165) is 15.9 Å². The molecule has 0 unspecified atom stereocenters. The van der Waals surface area contributed by atoms with Crippen molar-refractivity contribution in [3.05, 3.63) is 65.9 Å². The molecule has 0 aliphatic rings. The van der Waals surface area contributed by atoms with Gasteiger partial charge in [-0.05, 0) is 43.0 Å². The summed E-state index contributed by atoms with van der Waals surface area (Å²) in [6.45, 7) is 2.02. The molecule has 1 heterocycles. The Morgan fingerprint density at radius 2 is 1.79 bits per heavy atom. The van der Waals surface area contributed by atoms with Crippen LogP contribution in [0.15, 0.2) is 63.9 Å². The van der Waals surface area contributed by atoms with Gasteiger partial charge in [-0.2, -0.15) is 0 Å². The second-order valence-electron chi connectivity index (χ2n) is 4.35. The predicted octanol–water partition coefficient (Wildman–Crippen LogP) is 4.67. The Morgan fingerprint density at radius 3 is 2.53 bits per heavy atom. The van der Waals surface area contributed by atoms with E-state index in [1.54, 1.807) is 6.07 Å². The van der Waals surface area contributed by atoms with Gasteiger partial charge in [0.2, 0.25) is 0 Å². The number of fused-ring (bicyclic) bond motifs is 1. The molecule has 0 N–H and O–H groups in total. The van der Waals surface area contributed by atoms with Crippen LogP contribution in [0.4, 0.5) is 0 Å². The van der Waals surface area contributed by atoms with Crippen LogP contribution < -0.4 is 0 Å². The van der Waals surface area contributed by atoms with E-state index in [4.69, 9.17) is 4.42 Å². The summed E-state index contributed by atoms with van der Waals surface area (Å²) in [7, 11) is 0. The number of carbonyl (C=O) groups is 1. The van der Waals surface area contributed by atoms with Gasteiger partial charge in [0.15, 0.2) is 5.76 Å². The molecule has 0 bridgehead atoms. The number of para-hydroxylation sites is 1. The third-order valence-electron chi connectivity index (χ3n) is 2.86. The van der Waals surface area contributed by atoms with Crippen molar-refractivity contribution in [3.8, 4) is 0 Å². The van der Waals surface area contributed by atoms with Crippen molar-refractivity contribution in [1.82, 2.24) is 0 Å². The SMILES string of the molecule is Cc1ccc(SC(=O)c2cc3ccccc3o2)cc1. The Morgan fingerprint density at radius 1 is 1.05 bits per heavy atom. The standard InChI is InChI=1S/C16H12O2S/c1-11-6-8-13(9-7-11)19-16(17)15-10-12-4-2-3-5-14(12)18-15/h2-10H,1H3. The van der Waals surface area contributed by atoms with Crippen molar-refractivity contribution in [1.29, 1.82) is 0 Å². The van der Waals surface area contributed by atoms with Gasteiger partial charge in [-0.15, -0.1) is 0 Å². The normalized spacial score (nSPS) is 10.8. The van der Waals surface area contributed by atoms with E-state index < -0.39 is 0 Å². The van der Waals surface area contributed by atoms with Crippen molar-refractivity contribution in [2.24, 2.45) is 0 Å². The van der Waals surface area contributed by atoms with E-state index in [9.17, 15) is 4.79 Å². The maximum absolute atomic E-state index is 12.1. The number of carbonyl (C=O) groups excluding carboxylic acids is 1. The molecule has 0 saturated heterocycles. The largest absolute Gasteiger partial charge is 0.452 e. The van der Waals surface area contributed by atoms with Gasteiger partial charge in [-0.1, -0.05) is 35.9 Å². The molecule has 3 rings (SSSR count). The fraction of sp³-hybridized carbons (Fsp3) is 0.0625. The van der Waals surface area contributed by atoms with Crippen LogP contribution in [-0.4, -0.2) is 5.12 Å². The highest BCUT2D eigenvalue weighted by atomic mass is 32.2. The first-order chi connectivity index (χ1) is 9.22. The van der Waals surface area contributed by atoms with Gasteiger partial charge in [0.05, 0.1) is 0 Å². The van der Waals surface area contributed by atoms with Crippen molar-refractivity contribution < 1.29 is 9.21 Å². The molecule has 0 spiro atoms. The molecule has 94 valence electrons. The zero-order valence-corrected chi connectivity index (χ0v) is 11.2. The Bertz CT molecular complexity index is 693. The van der Waals surface area contributed by atoms with Crippen LogP contribution in [0.1, 0.15) is 16.1 Å². The van der Waals surface area contributed by atoms with E-state index in [0.29, 0.717) is 5.76 Å². The quantitative estimate of drug-likeness (QED) is 0.632. The number of furan rings is 1. The third kappa shape index (κ3) is 2.56. The van der Waals surface area contributed by atoms with E-state index in [2.05, 4.69) is 0 Å². The summed E-state index contributed by atoms with van der Waals surface area (Å²) in [4.78, 5) is 13.1. The van der Waals surface area contributed by atoms with Gasteiger partial charge in [0, 0.05) is 10.3 Å². The van der Waals surface area contributed by atoms with Gasteiger partial charge >= 0.3 is 0 Å². The van der Waals surface area contributed by atoms with Crippen LogP contribution >= 0.6 is 11.8 Å². The Labute approximate surface area is 115 Å². The summed E-state index contributed by atoms with van der Waals surface area (Å²) < 4.78 is 5.56. The first-order valence-electron chi connectivity index (χ1n) is 6.00. The molecule has 2 aromatic carbocycles. The van der Waals surface area contributed by atoms with E-state index in [1.165, 1.54) is 17.3 Å². The topological polar surface area (TPSA) is 30.2 Å². The van der Waals surface area contributed by atoms with Crippen molar-refractivity contribution in [2.75, 3.05) is 0 Å². The smallest absolute Gasteiger partial charge is 0.259 e. The minimum atomic E-state index is -0.0694. The average Bonchev–Trinajstić information content (AvgIpc) is 2.85. The zero-order valence-electron chi connectivity index (χ0n) is 10.4. The second kappa shape index (κ2) is 4.94. The molecule has 0 aliphatic carbocycles. The van der Waals surface area contributed by atoms with E-state index in [1.807, 2.05) is 55.5 Å². The minimum absolute atomic E-state index is 0.0694. The summed E-state index contributed by atoms with van der Waals surface area (Å²) in [5.41, 5.74) is 1.93. The minimum Gasteiger partial charge on any atom is -0.452 e. The van der Waals surface area contributed by atoms with Gasteiger partial charge in [-0.3, -0.25) is 4.79 Å². The van der Waals surface area contributed by atoms with Gasteiger partial charge in [-0.25, -0.2) is 0 Å². The van der Waals surface area contributed by atoms with E-state index >= 15 is 0 Å². The fourth-order valence-electron chi connectivity index (χ4n) is 1.85. The summed E-state index contributed by atoms with van der Waals surface area (Å²) in [5.74, 6) is 0.395. The van der Waals surface area contributed by atoms with Crippen molar-refractivity contribution >= 4 is 27.8 Å². The lowest BCUT2D eigenvalue weighted by molar-refractivity contribution is 0.106. The summed E-state index contributed by atoms with van der Waals surface area (Å²) in [6.07, 6.45) is 0. The third-order valence-corrected chi connectivity index (χ3v) is 3.75.